The molecule has 5 nitrogen and oxygen atoms in total. The Balaban J connectivity index is 1.33. The van der Waals surface area contributed by atoms with Gasteiger partial charge in [0.25, 0.3) is 0 Å². The summed E-state index contributed by atoms with van der Waals surface area (Å²) in [5.74, 6) is -0.248. The van der Waals surface area contributed by atoms with Gasteiger partial charge in [0.05, 0.1) is 10.9 Å². The van der Waals surface area contributed by atoms with Crippen molar-refractivity contribution < 1.29 is 9.18 Å². The Morgan fingerprint density at radius 1 is 1.16 bits per heavy atom. The Kier molecular flexibility index (Phi) is 3.95. The smallest absolute Gasteiger partial charge is 0.230 e. The van der Waals surface area contributed by atoms with Gasteiger partial charge in [0, 0.05) is 13.1 Å². The summed E-state index contributed by atoms with van der Waals surface area (Å²) in [7, 11) is 0. The number of nitrogens with one attached hydrogen (secondary N) is 1. The monoisotopic (exact) mass is 338 g/mol. The molecule has 0 radical (unpaired) electrons. The topological polar surface area (TPSA) is 59.8 Å². The van der Waals surface area contributed by atoms with Crippen LogP contribution in [0.25, 0.3) is 11.0 Å². The summed E-state index contributed by atoms with van der Waals surface area (Å²) in [5.41, 5.74) is 2.31. The van der Waals surface area contributed by atoms with Crippen LogP contribution >= 0.6 is 0 Å². The minimum atomic E-state index is -0.465. The van der Waals surface area contributed by atoms with Gasteiger partial charge in [-0.1, -0.05) is 29.5 Å². The van der Waals surface area contributed by atoms with Crippen molar-refractivity contribution in [2.75, 3.05) is 6.54 Å². The van der Waals surface area contributed by atoms with Crippen LogP contribution in [-0.4, -0.2) is 27.4 Å². The van der Waals surface area contributed by atoms with Gasteiger partial charge in [-0.15, -0.1) is 5.10 Å². The lowest BCUT2D eigenvalue weighted by Gasteiger charge is -2.15. The Labute approximate surface area is 144 Å². The molecule has 1 aliphatic rings. The molecular weight excluding hydrogens is 319 g/mol. The van der Waals surface area contributed by atoms with Gasteiger partial charge in [-0.2, -0.15) is 0 Å². The van der Waals surface area contributed by atoms with Gasteiger partial charge in [0.15, 0.2) is 0 Å². The minimum Gasteiger partial charge on any atom is -0.355 e. The summed E-state index contributed by atoms with van der Waals surface area (Å²) >= 11 is 0. The molecule has 128 valence electrons. The third-order valence-electron chi connectivity index (χ3n) is 4.83. The molecule has 3 aromatic rings. The molecule has 1 N–H and O–H groups in total. The van der Waals surface area contributed by atoms with E-state index in [9.17, 15) is 9.18 Å². The average molecular weight is 338 g/mol. The fourth-order valence-corrected chi connectivity index (χ4v) is 3.22. The third kappa shape index (κ3) is 2.99. The second-order valence-electron chi connectivity index (χ2n) is 6.50. The van der Waals surface area contributed by atoms with Gasteiger partial charge in [0.2, 0.25) is 5.91 Å². The molecule has 0 unspecified atom stereocenters. The number of benzene rings is 2. The van der Waals surface area contributed by atoms with Crippen molar-refractivity contribution >= 4 is 16.9 Å². The number of hydrogen-bond acceptors (Lipinski definition) is 3. The van der Waals surface area contributed by atoms with E-state index in [2.05, 4.69) is 15.6 Å². The van der Waals surface area contributed by atoms with Gasteiger partial charge in [-0.05, 0) is 49.1 Å². The first-order valence-electron chi connectivity index (χ1n) is 8.52. The van der Waals surface area contributed by atoms with Crippen LogP contribution in [0.4, 0.5) is 4.39 Å². The molecule has 1 aliphatic carbocycles. The van der Waals surface area contributed by atoms with Gasteiger partial charge in [-0.3, -0.25) is 4.79 Å². The van der Waals surface area contributed by atoms with Crippen LogP contribution in [0.15, 0.2) is 48.5 Å². The Hall–Kier alpha value is -2.76. The molecule has 0 bridgehead atoms. The summed E-state index contributed by atoms with van der Waals surface area (Å²) < 4.78 is 14.9. The van der Waals surface area contributed by atoms with E-state index in [1.165, 1.54) is 12.1 Å². The van der Waals surface area contributed by atoms with E-state index < -0.39 is 5.41 Å². The van der Waals surface area contributed by atoms with Crippen LogP contribution in [-0.2, 0) is 16.8 Å². The van der Waals surface area contributed by atoms with E-state index in [1.807, 2.05) is 28.9 Å². The van der Waals surface area contributed by atoms with Crippen molar-refractivity contribution in [3.05, 3.63) is 59.9 Å². The Morgan fingerprint density at radius 3 is 2.68 bits per heavy atom. The maximum atomic E-state index is 13.1. The molecule has 0 aliphatic heterocycles. The van der Waals surface area contributed by atoms with E-state index in [0.717, 1.165) is 35.9 Å². The first kappa shape index (κ1) is 15.7. The molecule has 1 fully saturated rings. The number of amides is 1. The Morgan fingerprint density at radius 2 is 1.92 bits per heavy atom. The van der Waals surface area contributed by atoms with Crippen LogP contribution in [0.1, 0.15) is 24.8 Å². The predicted molar refractivity (Wildman–Crippen MR) is 92.5 cm³/mol. The second kappa shape index (κ2) is 6.27. The number of nitrogens with zero attached hydrogens (tertiary/aromatic N) is 3. The van der Waals surface area contributed by atoms with E-state index in [0.29, 0.717) is 13.1 Å². The summed E-state index contributed by atoms with van der Waals surface area (Å²) in [6.45, 7) is 1.28. The molecule has 4 rings (SSSR count). The second-order valence-corrected chi connectivity index (χ2v) is 6.50. The number of rotatable bonds is 6. The quantitative estimate of drug-likeness (QED) is 0.703. The highest BCUT2D eigenvalue weighted by Gasteiger charge is 2.50. The van der Waals surface area contributed by atoms with E-state index >= 15 is 0 Å². The van der Waals surface area contributed by atoms with Crippen LogP contribution in [0.5, 0.6) is 0 Å². The van der Waals surface area contributed by atoms with Crippen LogP contribution in [0.3, 0.4) is 0 Å². The molecule has 2 aromatic carbocycles. The average Bonchev–Trinajstić information content (AvgIpc) is 3.35. The molecule has 1 amide bonds. The third-order valence-corrected chi connectivity index (χ3v) is 4.83. The number of fused-ring (bicyclic) bond motifs is 1. The molecule has 1 heterocycles. The first-order valence-corrected chi connectivity index (χ1v) is 8.52. The van der Waals surface area contributed by atoms with Crippen LogP contribution in [0.2, 0.25) is 0 Å². The Bertz CT molecular complexity index is 899. The van der Waals surface area contributed by atoms with Crippen molar-refractivity contribution in [1.29, 1.82) is 0 Å². The molecule has 25 heavy (non-hydrogen) atoms. The first-order chi connectivity index (χ1) is 12.2. The molecule has 0 atom stereocenters. The lowest BCUT2D eigenvalue weighted by molar-refractivity contribution is -0.123. The molecule has 1 saturated carbocycles. The van der Waals surface area contributed by atoms with E-state index in [4.69, 9.17) is 0 Å². The number of aryl methyl sites for hydroxylation is 1. The summed E-state index contributed by atoms with van der Waals surface area (Å²) in [6, 6.07) is 14.1. The zero-order chi connectivity index (χ0) is 17.3. The fourth-order valence-electron chi connectivity index (χ4n) is 3.22. The number of aromatic nitrogens is 3. The maximum Gasteiger partial charge on any atom is 0.230 e. The highest BCUT2D eigenvalue weighted by molar-refractivity contribution is 5.91. The van der Waals surface area contributed by atoms with Crippen molar-refractivity contribution in [2.45, 2.75) is 31.2 Å². The summed E-state index contributed by atoms with van der Waals surface area (Å²) in [4.78, 5) is 12.5. The summed E-state index contributed by atoms with van der Waals surface area (Å²) in [5, 5.41) is 11.3. The van der Waals surface area contributed by atoms with Gasteiger partial charge >= 0.3 is 0 Å². The van der Waals surface area contributed by atoms with Crippen LogP contribution < -0.4 is 5.32 Å². The molecular formula is C19H19FN4O. The van der Waals surface area contributed by atoms with Crippen molar-refractivity contribution in [2.24, 2.45) is 0 Å². The predicted octanol–water partition coefficient (Wildman–Crippen LogP) is 2.81. The number of para-hydroxylation sites is 1. The fraction of sp³-hybridized carbons (Fsp3) is 0.316. The lowest BCUT2D eigenvalue weighted by atomic mass is 9.95. The zero-order valence-electron chi connectivity index (χ0n) is 13.8. The summed E-state index contributed by atoms with van der Waals surface area (Å²) in [6.07, 6.45) is 2.41. The van der Waals surface area contributed by atoms with Crippen molar-refractivity contribution in [1.82, 2.24) is 20.3 Å². The largest absolute Gasteiger partial charge is 0.355 e. The maximum absolute atomic E-state index is 13.1. The minimum absolute atomic E-state index is 0.0301. The lowest BCUT2D eigenvalue weighted by Crippen LogP contribution is -2.35. The van der Waals surface area contributed by atoms with E-state index in [1.54, 1.807) is 12.1 Å². The van der Waals surface area contributed by atoms with Gasteiger partial charge < -0.3 is 5.32 Å². The normalized spacial score (nSPS) is 15.2. The highest BCUT2D eigenvalue weighted by atomic mass is 19.1. The molecule has 0 saturated heterocycles. The van der Waals surface area contributed by atoms with Gasteiger partial charge in [0.1, 0.15) is 11.3 Å². The van der Waals surface area contributed by atoms with E-state index in [-0.39, 0.29) is 11.7 Å². The molecule has 0 spiro atoms. The number of hydrogen-bond donors (Lipinski definition) is 1. The van der Waals surface area contributed by atoms with Crippen LogP contribution in [0, 0.1) is 5.82 Å². The van der Waals surface area contributed by atoms with Crippen molar-refractivity contribution in [3.63, 3.8) is 0 Å². The standard InChI is InChI=1S/C19H19FN4O/c20-15-8-6-14(7-9-15)19(10-11-19)18(25)21-12-3-13-24-17-5-2-1-4-16(17)22-23-24/h1-2,4-9H,3,10-13H2,(H,21,25). The number of halogens is 1. The zero-order valence-corrected chi connectivity index (χ0v) is 13.8. The SMILES string of the molecule is O=C(NCCCn1nnc2ccccc21)C1(c2ccc(F)cc2)CC1. The van der Waals surface area contributed by atoms with Gasteiger partial charge in [-0.25, -0.2) is 9.07 Å². The number of carbonyl (C=O) groups excluding carboxylic acids is 1. The van der Waals surface area contributed by atoms with Crippen molar-refractivity contribution in [3.8, 4) is 0 Å². The number of carbonyl (C=O) groups is 1. The highest BCUT2D eigenvalue weighted by Crippen LogP contribution is 2.48. The molecule has 6 heteroatoms. The molecule has 1 aromatic heterocycles.